The molecule has 13 heteroatoms. The number of amides is 1. The minimum atomic E-state index is -3.08. The van der Waals surface area contributed by atoms with E-state index in [1.54, 1.807) is 50.9 Å². The number of rotatable bonds is 9. The van der Waals surface area contributed by atoms with Crippen LogP contribution >= 0.6 is 0 Å². The van der Waals surface area contributed by atoms with E-state index < -0.39 is 18.1 Å². The van der Waals surface area contributed by atoms with Gasteiger partial charge >= 0.3 is 6.61 Å². The lowest BCUT2D eigenvalue weighted by Crippen LogP contribution is -2.58. The van der Waals surface area contributed by atoms with Gasteiger partial charge in [-0.15, -0.1) is 0 Å². The first-order valence-corrected chi connectivity index (χ1v) is 13.0. The zero-order valence-corrected chi connectivity index (χ0v) is 23.0. The molecular formula is C29H27F2N7O4. The number of nitrogens with one attached hydrogen (secondary N) is 1. The molecule has 3 aromatic heterocycles. The van der Waals surface area contributed by atoms with E-state index in [9.17, 15) is 13.6 Å². The summed E-state index contributed by atoms with van der Waals surface area (Å²) in [5.41, 5.74) is 1.82. The Kier molecular flexibility index (Phi) is 7.04. The zero-order valence-electron chi connectivity index (χ0n) is 23.0. The lowest BCUT2D eigenvalue weighted by molar-refractivity contribution is -0.121. The second-order valence-corrected chi connectivity index (χ2v) is 10.0. The molecule has 1 aliphatic heterocycles. The Labute approximate surface area is 239 Å². The van der Waals surface area contributed by atoms with Crippen LogP contribution in [0.5, 0.6) is 17.2 Å². The molecule has 5 aromatic rings. The molecule has 2 aromatic carbocycles. The second-order valence-electron chi connectivity index (χ2n) is 10.0. The number of carbonyl (C=O) groups is 1. The van der Waals surface area contributed by atoms with Gasteiger partial charge in [0.2, 0.25) is 0 Å². The number of aryl methyl sites for hydroxylation is 1. The van der Waals surface area contributed by atoms with Crippen molar-refractivity contribution in [1.82, 2.24) is 29.3 Å². The Morgan fingerprint density at radius 3 is 2.67 bits per heavy atom. The van der Waals surface area contributed by atoms with Crippen molar-refractivity contribution in [3.8, 4) is 28.5 Å². The molecule has 0 aliphatic carbocycles. The number of hydrogen-bond acceptors (Lipinski definition) is 8. The van der Waals surface area contributed by atoms with Crippen LogP contribution in [0, 0.1) is 0 Å². The largest absolute Gasteiger partial charge is 0.457 e. The first-order valence-electron chi connectivity index (χ1n) is 13.0. The summed E-state index contributed by atoms with van der Waals surface area (Å²) in [4.78, 5) is 19.6. The summed E-state index contributed by atoms with van der Waals surface area (Å²) >= 11 is 0. The fourth-order valence-corrected chi connectivity index (χ4v) is 5.15. The van der Waals surface area contributed by atoms with Gasteiger partial charge in [0.15, 0.2) is 5.65 Å². The van der Waals surface area contributed by atoms with Gasteiger partial charge in [-0.25, -0.2) is 9.50 Å². The maximum atomic E-state index is 13.4. The van der Waals surface area contributed by atoms with Gasteiger partial charge in [0.1, 0.15) is 34.1 Å². The van der Waals surface area contributed by atoms with Crippen LogP contribution in [-0.2, 0) is 17.4 Å². The van der Waals surface area contributed by atoms with E-state index in [0.717, 1.165) is 18.7 Å². The SMILES string of the molecule is COC1(c2cccc(Oc3ccc(OC(F)F)c(-c4nn(C)cc4NC(=O)c4cnn5cccnc45)c3)c2)CN(C)C1. The number of halogens is 2. The summed E-state index contributed by atoms with van der Waals surface area (Å²) in [6.07, 6.45) is 6.19. The van der Waals surface area contributed by atoms with Crippen LogP contribution in [0.4, 0.5) is 14.5 Å². The number of anilines is 1. The number of benzene rings is 2. The summed E-state index contributed by atoms with van der Waals surface area (Å²) in [5.74, 6) is 0.277. The Hall–Kier alpha value is -4.88. The van der Waals surface area contributed by atoms with Gasteiger partial charge in [-0.1, -0.05) is 12.1 Å². The van der Waals surface area contributed by atoms with Gasteiger partial charge < -0.3 is 19.5 Å². The number of ether oxygens (including phenoxy) is 3. The lowest BCUT2D eigenvalue weighted by Gasteiger charge is -2.47. The third-order valence-electron chi connectivity index (χ3n) is 7.06. The molecule has 216 valence electrons. The standard InChI is InChI=1S/C29H27F2N7O4/c1-36-16-29(17-36,40-3)18-6-4-7-19(12-18)41-20-8-9-24(42-28(30)31)21(13-20)25-23(15-37(2)35-25)34-27(39)22-14-33-38-11-5-10-32-26(22)38/h4-15,28H,16-17H2,1-3H3,(H,34,39). The average molecular weight is 576 g/mol. The van der Waals surface area contributed by atoms with Crippen molar-refractivity contribution < 1.29 is 27.8 Å². The van der Waals surface area contributed by atoms with E-state index in [0.29, 0.717) is 17.1 Å². The van der Waals surface area contributed by atoms with E-state index >= 15 is 0 Å². The van der Waals surface area contributed by atoms with Crippen LogP contribution in [0.2, 0.25) is 0 Å². The van der Waals surface area contributed by atoms with Crippen LogP contribution in [0.1, 0.15) is 15.9 Å². The molecule has 0 atom stereocenters. The minimum Gasteiger partial charge on any atom is -0.457 e. The summed E-state index contributed by atoms with van der Waals surface area (Å²) in [6, 6.07) is 13.7. The smallest absolute Gasteiger partial charge is 0.387 e. The quantitative estimate of drug-likeness (QED) is 0.273. The van der Waals surface area contributed by atoms with Crippen molar-refractivity contribution in [2.45, 2.75) is 12.2 Å². The summed E-state index contributed by atoms with van der Waals surface area (Å²) < 4.78 is 46.5. The highest BCUT2D eigenvalue weighted by Gasteiger charge is 2.43. The molecule has 4 heterocycles. The molecule has 0 bridgehead atoms. The van der Waals surface area contributed by atoms with Crippen molar-refractivity contribution in [2.75, 3.05) is 32.6 Å². The number of hydrogen-bond donors (Lipinski definition) is 1. The van der Waals surface area contributed by atoms with E-state index in [4.69, 9.17) is 14.2 Å². The molecule has 0 unspecified atom stereocenters. The molecule has 1 amide bonds. The van der Waals surface area contributed by atoms with Gasteiger partial charge in [-0.3, -0.25) is 14.4 Å². The van der Waals surface area contributed by atoms with Crippen LogP contribution in [0.15, 0.2) is 73.3 Å². The van der Waals surface area contributed by atoms with Gasteiger partial charge in [-0.05, 0) is 49.0 Å². The summed E-state index contributed by atoms with van der Waals surface area (Å²) in [6.45, 7) is -1.59. The van der Waals surface area contributed by atoms with Gasteiger partial charge in [0, 0.05) is 45.8 Å². The molecule has 42 heavy (non-hydrogen) atoms. The molecule has 1 aliphatic rings. The number of methoxy groups -OCH3 is 1. The third-order valence-corrected chi connectivity index (χ3v) is 7.06. The Morgan fingerprint density at radius 2 is 1.90 bits per heavy atom. The fraction of sp³-hybridized carbons (Fsp3) is 0.241. The highest BCUT2D eigenvalue weighted by atomic mass is 19.3. The molecular weight excluding hydrogens is 548 g/mol. The highest BCUT2D eigenvalue weighted by Crippen LogP contribution is 2.40. The van der Waals surface area contributed by atoms with E-state index in [1.165, 1.54) is 27.5 Å². The predicted molar refractivity (Wildman–Crippen MR) is 149 cm³/mol. The molecule has 11 nitrogen and oxygen atoms in total. The second kappa shape index (κ2) is 10.8. The Morgan fingerprint density at radius 1 is 1.10 bits per heavy atom. The van der Waals surface area contributed by atoms with E-state index in [-0.39, 0.29) is 28.3 Å². The van der Waals surface area contributed by atoms with Gasteiger partial charge in [-0.2, -0.15) is 19.0 Å². The number of likely N-dealkylation sites (N-methyl/N-ethyl adjacent to an activating group) is 1. The predicted octanol–water partition coefficient (Wildman–Crippen LogP) is 4.56. The molecule has 1 fully saturated rings. The molecule has 0 radical (unpaired) electrons. The topological polar surface area (TPSA) is 108 Å². The van der Waals surface area contributed by atoms with Crippen molar-refractivity contribution in [1.29, 1.82) is 0 Å². The minimum absolute atomic E-state index is 0.131. The number of nitrogens with zero attached hydrogens (tertiary/aromatic N) is 6. The maximum Gasteiger partial charge on any atom is 0.387 e. The number of alkyl halides is 2. The fourth-order valence-electron chi connectivity index (χ4n) is 5.15. The Bertz CT molecular complexity index is 1760. The first-order chi connectivity index (χ1) is 20.2. The molecule has 0 saturated carbocycles. The summed E-state index contributed by atoms with van der Waals surface area (Å²) in [5, 5.41) is 11.4. The van der Waals surface area contributed by atoms with Crippen molar-refractivity contribution >= 4 is 17.2 Å². The normalized spacial score (nSPS) is 14.6. The van der Waals surface area contributed by atoms with Crippen LogP contribution in [0.25, 0.3) is 16.9 Å². The monoisotopic (exact) mass is 575 g/mol. The zero-order chi connectivity index (χ0) is 29.4. The Balaban J connectivity index is 1.33. The van der Waals surface area contributed by atoms with E-state index in [1.807, 2.05) is 25.2 Å². The van der Waals surface area contributed by atoms with Crippen LogP contribution < -0.4 is 14.8 Å². The van der Waals surface area contributed by atoms with Crippen molar-refractivity contribution in [2.24, 2.45) is 7.05 Å². The maximum absolute atomic E-state index is 13.4. The third kappa shape index (κ3) is 5.15. The number of aromatic nitrogens is 5. The highest BCUT2D eigenvalue weighted by molar-refractivity contribution is 6.09. The van der Waals surface area contributed by atoms with Crippen LogP contribution in [0.3, 0.4) is 0 Å². The molecule has 6 rings (SSSR count). The molecule has 1 N–H and O–H groups in total. The molecule has 1 saturated heterocycles. The lowest BCUT2D eigenvalue weighted by atomic mass is 9.86. The summed E-state index contributed by atoms with van der Waals surface area (Å²) in [7, 11) is 5.36. The van der Waals surface area contributed by atoms with Crippen molar-refractivity contribution in [3.05, 3.63) is 84.4 Å². The van der Waals surface area contributed by atoms with Gasteiger partial charge in [0.05, 0.1) is 17.4 Å². The van der Waals surface area contributed by atoms with Gasteiger partial charge in [0.25, 0.3) is 5.91 Å². The van der Waals surface area contributed by atoms with Crippen LogP contribution in [-0.4, -0.2) is 69.0 Å². The number of carbonyl (C=O) groups excluding carboxylic acids is 1. The number of likely N-dealkylation sites (tertiary alicyclic amines) is 1. The first kappa shape index (κ1) is 27.3. The number of fused-ring (bicyclic) bond motifs is 1. The van der Waals surface area contributed by atoms with E-state index in [2.05, 4.69) is 25.4 Å². The molecule has 0 spiro atoms. The average Bonchev–Trinajstić information content (AvgIpc) is 3.55. The van der Waals surface area contributed by atoms with Crippen molar-refractivity contribution in [3.63, 3.8) is 0 Å².